The Balaban J connectivity index is 1.33. The van der Waals surface area contributed by atoms with Crippen molar-refractivity contribution >= 4 is 73.6 Å². The molecule has 0 unspecified atom stereocenters. The summed E-state index contributed by atoms with van der Waals surface area (Å²) in [5, 5.41) is 5.93. The molecular formula is C33H28N3O2S2+. The molecule has 0 aliphatic carbocycles. The molecule has 0 atom stereocenters. The van der Waals surface area contributed by atoms with E-state index in [1.54, 1.807) is 11.8 Å². The van der Waals surface area contributed by atoms with Crippen molar-refractivity contribution in [2.75, 3.05) is 11.9 Å². The van der Waals surface area contributed by atoms with Crippen molar-refractivity contribution < 1.29 is 8.98 Å². The standard InChI is InChI=1S/C33H28N3O2S2/c1-4-35-28(38-26-17-15-21-10-6-8-12-23(21)31(26)35)20-30-36(5-2)33(37)27(39-30)18-19-29-34(3)25-16-14-22-11-7-9-13-24(22)32(25)40-29/h6-20H,4-5H2,1-3H3/q+1/b27-18-,29-19-. The summed E-state index contributed by atoms with van der Waals surface area (Å²) < 4.78 is 12.0. The van der Waals surface area contributed by atoms with Crippen LogP contribution in [0, 0.1) is 0 Å². The van der Waals surface area contributed by atoms with Gasteiger partial charge in [-0.05, 0) is 60.4 Å². The van der Waals surface area contributed by atoms with Crippen molar-refractivity contribution in [1.82, 2.24) is 4.57 Å². The molecule has 0 saturated heterocycles. The maximum absolute atomic E-state index is 13.4. The maximum Gasteiger partial charge on any atom is 0.377 e. The van der Waals surface area contributed by atoms with E-state index in [0.29, 0.717) is 11.1 Å². The quantitative estimate of drug-likeness (QED) is 0.248. The first-order chi connectivity index (χ1) is 19.6. The smallest absolute Gasteiger partial charge is 0.377 e. The monoisotopic (exact) mass is 562 g/mol. The van der Waals surface area contributed by atoms with E-state index in [0.717, 1.165) is 38.6 Å². The lowest BCUT2D eigenvalue weighted by atomic mass is 10.1. The van der Waals surface area contributed by atoms with Crippen molar-refractivity contribution in [3.8, 4) is 0 Å². The Kier molecular flexibility index (Phi) is 6.13. The predicted molar refractivity (Wildman–Crippen MR) is 167 cm³/mol. The number of anilines is 1. The molecule has 0 fully saturated rings. The minimum absolute atomic E-state index is 0.0221. The topological polar surface area (TPSA) is 42.3 Å². The number of benzene rings is 4. The number of allylic oxidation sites excluding steroid dienone is 1. The molecule has 0 saturated carbocycles. The fraction of sp³-hybridized carbons (Fsp3) is 0.152. The van der Waals surface area contributed by atoms with Gasteiger partial charge < -0.3 is 9.32 Å². The summed E-state index contributed by atoms with van der Waals surface area (Å²) >= 11 is 3.25. The predicted octanol–water partition coefficient (Wildman–Crippen LogP) is 5.98. The molecule has 3 heterocycles. The number of hydrogen-bond acceptors (Lipinski definition) is 5. The Bertz CT molecular complexity index is 2170. The lowest BCUT2D eigenvalue weighted by Gasteiger charge is -2.13. The van der Waals surface area contributed by atoms with Gasteiger partial charge in [0.1, 0.15) is 11.2 Å². The summed E-state index contributed by atoms with van der Waals surface area (Å²) in [7, 11) is 2.08. The van der Waals surface area contributed by atoms with Crippen LogP contribution in [-0.2, 0) is 13.1 Å². The summed E-state index contributed by atoms with van der Waals surface area (Å²) in [4.78, 5) is 16.9. The van der Waals surface area contributed by atoms with Crippen molar-refractivity contribution in [3.63, 3.8) is 0 Å². The molecule has 0 amide bonds. The van der Waals surface area contributed by atoms with Crippen LogP contribution in [0.2, 0.25) is 0 Å². The highest BCUT2D eigenvalue weighted by atomic mass is 32.2. The van der Waals surface area contributed by atoms with Crippen molar-refractivity contribution in [2.24, 2.45) is 0 Å². The van der Waals surface area contributed by atoms with Crippen molar-refractivity contribution in [2.45, 2.75) is 31.8 Å². The molecule has 0 radical (unpaired) electrons. The van der Waals surface area contributed by atoms with Crippen LogP contribution in [0.5, 0.6) is 0 Å². The van der Waals surface area contributed by atoms with E-state index in [9.17, 15) is 4.79 Å². The fourth-order valence-corrected chi connectivity index (χ4v) is 7.77. The summed E-state index contributed by atoms with van der Waals surface area (Å²) in [6.07, 6.45) is 6.04. The van der Waals surface area contributed by atoms with E-state index in [4.69, 9.17) is 4.42 Å². The van der Waals surface area contributed by atoms with Gasteiger partial charge in [-0.2, -0.15) is 4.57 Å². The van der Waals surface area contributed by atoms with Gasteiger partial charge in [-0.3, -0.25) is 9.36 Å². The molecule has 5 nitrogen and oxygen atoms in total. The minimum atomic E-state index is 0.0221. The van der Waals surface area contributed by atoms with Gasteiger partial charge in [0.2, 0.25) is 5.58 Å². The number of oxazole rings is 1. The molecule has 7 rings (SSSR count). The molecule has 1 aliphatic heterocycles. The van der Waals surface area contributed by atoms with Crippen molar-refractivity contribution in [3.05, 3.63) is 109 Å². The molecule has 0 bridgehead atoms. The number of rotatable bonds is 4. The number of nitrogens with zero attached hydrogens (tertiary/aromatic N) is 3. The lowest BCUT2D eigenvalue weighted by molar-refractivity contribution is -0.673. The van der Waals surface area contributed by atoms with Gasteiger partial charge in [0, 0.05) is 18.5 Å². The van der Waals surface area contributed by atoms with Crippen LogP contribution in [0.1, 0.15) is 19.7 Å². The Morgan fingerprint density at radius 1 is 0.900 bits per heavy atom. The molecule has 0 spiro atoms. The van der Waals surface area contributed by atoms with Crippen LogP contribution >= 0.6 is 23.1 Å². The van der Waals surface area contributed by atoms with E-state index >= 15 is 0 Å². The van der Waals surface area contributed by atoms with E-state index in [1.165, 1.54) is 38.1 Å². The van der Waals surface area contributed by atoms with Gasteiger partial charge in [0.25, 0.3) is 11.1 Å². The van der Waals surface area contributed by atoms with Crippen LogP contribution in [0.3, 0.4) is 0 Å². The molecule has 0 N–H and O–H groups in total. The van der Waals surface area contributed by atoms with Crippen LogP contribution in [0.25, 0.3) is 44.8 Å². The van der Waals surface area contributed by atoms with Crippen LogP contribution in [-0.4, -0.2) is 11.6 Å². The molecule has 198 valence electrons. The largest absolute Gasteiger partial charge is 0.398 e. The molecular weight excluding hydrogens is 535 g/mol. The second-order valence-electron chi connectivity index (χ2n) is 9.78. The Labute approximate surface area is 239 Å². The first-order valence-electron chi connectivity index (χ1n) is 13.5. The second kappa shape index (κ2) is 9.84. The number of aryl methyl sites for hydroxylation is 1. The zero-order valence-corrected chi connectivity index (χ0v) is 24.2. The van der Waals surface area contributed by atoms with Gasteiger partial charge in [-0.25, -0.2) is 0 Å². The normalized spacial score (nSPS) is 15.4. The molecule has 2 aromatic heterocycles. The molecule has 7 heteroatoms. The van der Waals surface area contributed by atoms with E-state index in [1.807, 2.05) is 29.7 Å². The van der Waals surface area contributed by atoms with E-state index < -0.39 is 0 Å². The molecule has 1 aliphatic rings. The third kappa shape index (κ3) is 3.92. The first-order valence-corrected chi connectivity index (χ1v) is 15.1. The van der Waals surface area contributed by atoms with Gasteiger partial charge in [-0.1, -0.05) is 66.4 Å². The number of aromatic nitrogens is 2. The Morgan fingerprint density at radius 2 is 1.62 bits per heavy atom. The zero-order valence-electron chi connectivity index (χ0n) is 22.5. The van der Waals surface area contributed by atoms with E-state index in [2.05, 4.69) is 96.2 Å². The van der Waals surface area contributed by atoms with E-state index in [-0.39, 0.29) is 5.56 Å². The minimum Gasteiger partial charge on any atom is -0.398 e. The zero-order chi connectivity index (χ0) is 27.4. The number of hydrogen-bond donors (Lipinski definition) is 0. The third-order valence-electron chi connectivity index (χ3n) is 7.56. The summed E-state index contributed by atoms with van der Waals surface area (Å²) in [6, 6.07) is 25.3. The maximum atomic E-state index is 13.4. The third-order valence-corrected chi connectivity index (χ3v) is 9.89. The van der Waals surface area contributed by atoms with Gasteiger partial charge in [0.05, 0.1) is 26.7 Å². The molecule has 4 aromatic carbocycles. The summed E-state index contributed by atoms with van der Waals surface area (Å²) in [5.74, 6) is 0.746. The van der Waals surface area contributed by atoms with Gasteiger partial charge >= 0.3 is 5.89 Å². The number of thioether (sulfide) groups is 1. The molecule has 6 aromatic rings. The fourth-order valence-electron chi connectivity index (χ4n) is 5.54. The number of fused-ring (bicyclic) bond motifs is 6. The highest BCUT2D eigenvalue weighted by Crippen LogP contribution is 2.48. The Hall–Kier alpha value is -4.07. The Morgan fingerprint density at radius 3 is 2.40 bits per heavy atom. The van der Waals surface area contributed by atoms with Crippen LogP contribution in [0.15, 0.2) is 98.0 Å². The highest BCUT2D eigenvalue weighted by Gasteiger charge is 2.24. The average molecular weight is 563 g/mol. The summed E-state index contributed by atoms with van der Waals surface area (Å²) in [5.41, 5.74) is 3.14. The number of thiazole rings is 1. The van der Waals surface area contributed by atoms with Gasteiger partial charge in [-0.15, -0.1) is 11.3 Å². The van der Waals surface area contributed by atoms with Gasteiger partial charge in [0.15, 0.2) is 0 Å². The van der Waals surface area contributed by atoms with Crippen molar-refractivity contribution in [1.29, 1.82) is 0 Å². The first kappa shape index (κ1) is 24.9. The lowest BCUT2D eigenvalue weighted by Crippen LogP contribution is -2.35. The van der Waals surface area contributed by atoms with Crippen LogP contribution < -0.4 is 24.2 Å². The van der Waals surface area contributed by atoms with Crippen LogP contribution in [0.4, 0.5) is 5.69 Å². The SMILES string of the molecule is CCn1c(=O)/c(=C/C=C2\Sc3c(ccc4ccccc34)N2C)s/c1=C/c1oc2ccc3ccccc3c2[n+]1CC. The average Bonchev–Trinajstić information content (AvgIpc) is 3.61. The summed E-state index contributed by atoms with van der Waals surface area (Å²) in [6.45, 7) is 5.49. The second-order valence-corrected chi connectivity index (χ2v) is 11.9. The molecule has 40 heavy (non-hydrogen) atoms. The highest BCUT2D eigenvalue weighted by molar-refractivity contribution is 8.04.